The molecule has 0 atom stereocenters. The molecule has 1 rings (SSSR count). The molecule has 0 aromatic heterocycles. The number of hydrogen-bond acceptors (Lipinski definition) is 4. The van der Waals surface area contributed by atoms with Gasteiger partial charge < -0.3 is 14.2 Å². The Hall–Kier alpha value is -0.870. The van der Waals surface area contributed by atoms with Crippen LogP contribution >= 0.6 is 0 Å². The molecule has 0 aromatic rings. The molecule has 4 heteroatoms. The molecule has 0 radical (unpaired) electrons. The third-order valence-electron chi connectivity index (χ3n) is 3.71. The lowest BCUT2D eigenvalue weighted by Gasteiger charge is -2.28. The van der Waals surface area contributed by atoms with Crippen molar-refractivity contribution in [3.05, 3.63) is 12.7 Å². The van der Waals surface area contributed by atoms with Gasteiger partial charge in [-0.05, 0) is 31.6 Å². The van der Waals surface area contributed by atoms with E-state index in [1.165, 1.54) is 38.5 Å². The third-order valence-corrected chi connectivity index (χ3v) is 3.71. The van der Waals surface area contributed by atoms with Crippen molar-refractivity contribution in [2.24, 2.45) is 5.92 Å². The molecule has 0 amide bonds. The molecule has 116 valence electrons. The smallest absolute Gasteiger partial charge is 0.330 e. The quantitative estimate of drug-likeness (QED) is 0.351. The minimum atomic E-state index is -0.409. The van der Waals surface area contributed by atoms with Crippen LogP contribution in [0, 0.1) is 5.92 Å². The van der Waals surface area contributed by atoms with Gasteiger partial charge in [0.2, 0.25) is 0 Å². The number of ether oxygens (including phenoxy) is 3. The van der Waals surface area contributed by atoms with Crippen molar-refractivity contribution in [3.63, 3.8) is 0 Å². The van der Waals surface area contributed by atoms with Crippen molar-refractivity contribution in [1.29, 1.82) is 0 Å². The predicted molar refractivity (Wildman–Crippen MR) is 78.6 cm³/mol. The first-order chi connectivity index (χ1) is 9.76. The van der Waals surface area contributed by atoms with Crippen LogP contribution in [0.25, 0.3) is 0 Å². The zero-order chi connectivity index (χ0) is 14.6. The van der Waals surface area contributed by atoms with E-state index in [0.717, 1.165) is 12.0 Å². The van der Waals surface area contributed by atoms with E-state index in [-0.39, 0.29) is 6.61 Å². The highest BCUT2D eigenvalue weighted by atomic mass is 16.6. The molecule has 0 N–H and O–H groups in total. The van der Waals surface area contributed by atoms with Gasteiger partial charge in [-0.25, -0.2) is 4.79 Å². The topological polar surface area (TPSA) is 44.8 Å². The monoisotopic (exact) mass is 284 g/mol. The van der Waals surface area contributed by atoms with Crippen LogP contribution in [-0.4, -0.2) is 38.5 Å². The molecule has 1 saturated carbocycles. The molecule has 4 nitrogen and oxygen atoms in total. The van der Waals surface area contributed by atoms with Crippen molar-refractivity contribution >= 4 is 5.97 Å². The van der Waals surface area contributed by atoms with Gasteiger partial charge in [-0.2, -0.15) is 0 Å². The van der Waals surface area contributed by atoms with Gasteiger partial charge in [-0.1, -0.05) is 26.3 Å². The number of rotatable bonds is 10. The van der Waals surface area contributed by atoms with Crippen molar-refractivity contribution in [3.8, 4) is 0 Å². The third kappa shape index (κ3) is 7.65. The Balaban J connectivity index is 1.90. The average Bonchev–Trinajstić information content (AvgIpc) is 2.48. The van der Waals surface area contributed by atoms with Gasteiger partial charge in [0.25, 0.3) is 0 Å². The van der Waals surface area contributed by atoms with Gasteiger partial charge in [-0.15, -0.1) is 0 Å². The Labute approximate surface area is 122 Å². The fourth-order valence-corrected chi connectivity index (χ4v) is 2.63. The normalized spacial score (nSPS) is 22.4. The molecular formula is C16H28O4. The number of hydrogen-bond donors (Lipinski definition) is 0. The Morgan fingerprint density at radius 2 is 1.85 bits per heavy atom. The van der Waals surface area contributed by atoms with Gasteiger partial charge in [0.1, 0.15) is 6.61 Å². The van der Waals surface area contributed by atoms with Crippen molar-refractivity contribution in [1.82, 2.24) is 0 Å². The van der Waals surface area contributed by atoms with Crippen LogP contribution in [0.4, 0.5) is 0 Å². The Morgan fingerprint density at radius 3 is 2.50 bits per heavy atom. The van der Waals surface area contributed by atoms with E-state index in [4.69, 9.17) is 14.2 Å². The summed E-state index contributed by atoms with van der Waals surface area (Å²) in [6.45, 7) is 7.44. The zero-order valence-corrected chi connectivity index (χ0v) is 12.6. The van der Waals surface area contributed by atoms with E-state index < -0.39 is 5.97 Å². The van der Waals surface area contributed by atoms with Crippen LogP contribution in [0.15, 0.2) is 12.7 Å². The zero-order valence-electron chi connectivity index (χ0n) is 12.6. The minimum absolute atomic E-state index is 0.271. The molecular weight excluding hydrogens is 256 g/mol. The summed E-state index contributed by atoms with van der Waals surface area (Å²) in [4.78, 5) is 10.8. The van der Waals surface area contributed by atoms with E-state index in [9.17, 15) is 4.79 Å². The lowest BCUT2D eigenvalue weighted by atomic mass is 9.85. The molecule has 0 spiro atoms. The van der Waals surface area contributed by atoms with E-state index in [2.05, 4.69) is 13.5 Å². The maximum atomic E-state index is 10.8. The summed E-state index contributed by atoms with van der Waals surface area (Å²) < 4.78 is 16.0. The second-order valence-electron chi connectivity index (χ2n) is 5.29. The van der Waals surface area contributed by atoms with Crippen molar-refractivity contribution in [2.75, 3.05) is 26.4 Å². The largest absolute Gasteiger partial charge is 0.460 e. The number of carbonyl (C=O) groups is 1. The van der Waals surface area contributed by atoms with Gasteiger partial charge in [0, 0.05) is 6.08 Å². The molecule has 1 aliphatic rings. The molecule has 0 aliphatic heterocycles. The lowest BCUT2D eigenvalue weighted by Crippen LogP contribution is -2.23. The van der Waals surface area contributed by atoms with Crippen LogP contribution in [0.3, 0.4) is 0 Å². The van der Waals surface area contributed by atoms with Crippen LogP contribution in [0.5, 0.6) is 0 Å². The summed E-state index contributed by atoms with van der Waals surface area (Å²) in [7, 11) is 0. The van der Waals surface area contributed by atoms with Crippen molar-refractivity contribution < 1.29 is 19.0 Å². The summed E-state index contributed by atoms with van der Waals surface area (Å²) in [5, 5.41) is 0. The predicted octanol–water partition coefficient (Wildman–Crippen LogP) is 3.11. The fourth-order valence-electron chi connectivity index (χ4n) is 2.63. The second kappa shape index (κ2) is 10.9. The summed E-state index contributed by atoms with van der Waals surface area (Å²) >= 11 is 0. The number of esters is 1. The second-order valence-corrected chi connectivity index (χ2v) is 5.29. The molecule has 0 saturated heterocycles. The molecule has 0 unspecified atom stereocenters. The summed E-state index contributed by atoms with van der Waals surface area (Å²) in [5.74, 6) is 0.504. The van der Waals surface area contributed by atoms with Crippen LogP contribution in [0.1, 0.15) is 45.4 Å². The summed E-state index contributed by atoms with van der Waals surface area (Å²) in [5.41, 5.74) is 0. The summed E-state index contributed by atoms with van der Waals surface area (Å²) in [6, 6.07) is 0. The summed E-state index contributed by atoms with van der Waals surface area (Å²) in [6.07, 6.45) is 9.18. The van der Waals surface area contributed by atoms with Crippen molar-refractivity contribution in [2.45, 2.75) is 51.6 Å². The number of carbonyl (C=O) groups excluding carboxylic acids is 1. The molecule has 0 heterocycles. The maximum absolute atomic E-state index is 10.8. The maximum Gasteiger partial charge on any atom is 0.330 e. The first-order valence-corrected chi connectivity index (χ1v) is 7.74. The Bertz CT molecular complexity index is 270. The lowest BCUT2D eigenvalue weighted by molar-refractivity contribution is -0.139. The van der Waals surface area contributed by atoms with E-state index in [0.29, 0.717) is 25.9 Å². The van der Waals surface area contributed by atoms with Crippen LogP contribution in [0.2, 0.25) is 0 Å². The van der Waals surface area contributed by atoms with Crippen LogP contribution < -0.4 is 0 Å². The van der Waals surface area contributed by atoms with Gasteiger partial charge in [-0.3, -0.25) is 0 Å². The average molecular weight is 284 g/mol. The van der Waals surface area contributed by atoms with Gasteiger partial charge >= 0.3 is 5.97 Å². The van der Waals surface area contributed by atoms with Gasteiger partial charge in [0.15, 0.2) is 0 Å². The Morgan fingerprint density at radius 1 is 1.15 bits per heavy atom. The van der Waals surface area contributed by atoms with Crippen LogP contribution in [-0.2, 0) is 19.0 Å². The highest BCUT2D eigenvalue weighted by molar-refractivity contribution is 5.81. The minimum Gasteiger partial charge on any atom is -0.460 e. The van der Waals surface area contributed by atoms with E-state index >= 15 is 0 Å². The first-order valence-electron chi connectivity index (χ1n) is 7.74. The van der Waals surface area contributed by atoms with E-state index in [1.54, 1.807) is 0 Å². The SMILES string of the molecule is C=CC(=O)OCCOCCOC1CCC(CCC)CC1. The first kappa shape index (κ1) is 17.2. The molecule has 0 bridgehead atoms. The van der Waals surface area contributed by atoms with Gasteiger partial charge in [0.05, 0.1) is 25.9 Å². The Kier molecular flexibility index (Phi) is 9.33. The molecule has 1 aliphatic carbocycles. The standard InChI is InChI=1S/C16H28O4/c1-3-5-14-6-8-15(9-7-14)19-12-10-18-11-13-20-16(17)4-2/h4,14-15H,2-3,5-13H2,1H3. The molecule has 0 aromatic carbocycles. The highest BCUT2D eigenvalue weighted by Gasteiger charge is 2.20. The molecule has 20 heavy (non-hydrogen) atoms. The highest BCUT2D eigenvalue weighted by Crippen LogP contribution is 2.29. The molecule has 1 fully saturated rings. The fraction of sp³-hybridized carbons (Fsp3) is 0.812. The van der Waals surface area contributed by atoms with E-state index in [1.807, 2.05) is 0 Å².